The fourth-order valence-electron chi connectivity index (χ4n) is 2.31. The van der Waals surface area contributed by atoms with Crippen LogP contribution in [0.1, 0.15) is 16.8 Å². The van der Waals surface area contributed by atoms with Crippen LogP contribution in [0, 0.1) is 13.8 Å². The minimum atomic E-state index is -0.145. The molecule has 0 aliphatic rings. The van der Waals surface area contributed by atoms with Crippen LogP contribution in [0.4, 0.5) is 5.69 Å². The molecule has 0 bridgehead atoms. The number of nitrogens with zero attached hydrogens (tertiary/aromatic N) is 2. The Morgan fingerprint density at radius 2 is 1.88 bits per heavy atom. The maximum Gasteiger partial charge on any atom is 0.280 e. The van der Waals surface area contributed by atoms with Gasteiger partial charge in [-0.05, 0) is 44.2 Å². The van der Waals surface area contributed by atoms with E-state index in [1.807, 2.05) is 44.2 Å². The molecular formula is C18H15BrClN3O. The Morgan fingerprint density at radius 3 is 2.54 bits per heavy atom. The van der Waals surface area contributed by atoms with Crippen molar-refractivity contribution in [3.8, 4) is 5.69 Å². The van der Waals surface area contributed by atoms with E-state index in [4.69, 9.17) is 11.6 Å². The van der Waals surface area contributed by atoms with Crippen molar-refractivity contribution < 1.29 is 0 Å². The fourth-order valence-corrected chi connectivity index (χ4v) is 3.03. The third-order valence-corrected chi connectivity index (χ3v) is 4.45. The molecular weight excluding hydrogens is 390 g/mol. The van der Waals surface area contributed by atoms with Crippen molar-refractivity contribution in [1.29, 1.82) is 0 Å². The number of benzene rings is 2. The normalized spacial score (nSPS) is 11.3. The van der Waals surface area contributed by atoms with Crippen LogP contribution < -0.4 is 5.56 Å². The molecule has 0 unspecified atom stereocenters. The molecule has 0 radical (unpaired) electrons. The summed E-state index contributed by atoms with van der Waals surface area (Å²) in [5, 5.41) is 3.60. The summed E-state index contributed by atoms with van der Waals surface area (Å²) in [5.74, 6) is 0. The van der Waals surface area contributed by atoms with Gasteiger partial charge in [-0.2, -0.15) is 0 Å². The number of nitrogens with one attached hydrogen (secondary N) is 1. The molecule has 0 atom stereocenters. The minimum Gasteiger partial charge on any atom is -0.295 e. The molecule has 0 amide bonds. The van der Waals surface area contributed by atoms with Crippen molar-refractivity contribution >= 4 is 39.4 Å². The van der Waals surface area contributed by atoms with E-state index < -0.39 is 0 Å². The quantitative estimate of drug-likeness (QED) is 0.617. The molecule has 1 aromatic heterocycles. The van der Waals surface area contributed by atoms with Gasteiger partial charge in [-0.15, -0.1) is 0 Å². The lowest BCUT2D eigenvalue weighted by atomic mass is 10.2. The fraction of sp³-hybridized carbons (Fsp3) is 0.111. The lowest BCUT2D eigenvalue weighted by molar-refractivity contribution is 0.835. The number of rotatable bonds is 3. The lowest BCUT2D eigenvalue weighted by Gasteiger charge is -2.01. The van der Waals surface area contributed by atoms with Crippen molar-refractivity contribution in [3.05, 3.63) is 79.1 Å². The maximum absolute atomic E-state index is 12.6. The van der Waals surface area contributed by atoms with Crippen LogP contribution in [0.25, 0.3) is 5.69 Å². The predicted octanol–water partition coefficient (Wildman–Crippen LogP) is 4.95. The highest BCUT2D eigenvalue weighted by Gasteiger charge is 2.10. The summed E-state index contributed by atoms with van der Waals surface area (Å²) in [5.41, 5.74) is 3.65. The highest BCUT2D eigenvalue weighted by Crippen LogP contribution is 2.27. The summed E-state index contributed by atoms with van der Waals surface area (Å²) in [6, 6.07) is 13.2. The average molecular weight is 405 g/mol. The number of aliphatic imine (C=N–C) groups is 1. The second kappa shape index (κ2) is 6.79. The third-order valence-electron chi connectivity index (χ3n) is 3.65. The smallest absolute Gasteiger partial charge is 0.280 e. The lowest BCUT2D eigenvalue weighted by Crippen LogP contribution is -2.17. The number of aromatic nitrogens is 2. The van der Waals surface area contributed by atoms with Crippen molar-refractivity contribution in [2.24, 2.45) is 4.99 Å². The molecule has 0 saturated carbocycles. The largest absolute Gasteiger partial charge is 0.295 e. The molecule has 1 heterocycles. The Bertz CT molecular complexity index is 971. The van der Waals surface area contributed by atoms with Gasteiger partial charge in [-0.1, -0.05) is 45.2 Å². The SMILES string of the molecule is Cc1ccc(-n2[nH]c(C)c(C=Nc3ccc(Br)cc3Cl)c2=O)cc1. The molecule has 0 spiro atoms. The first-order valence-electron chi connectivity index (χ1n) is 7.33. The Balaban J connectivity index is 1.99. The maximum atomic E-state index is 12.6. The van der Waals surface area contributed by atoms with Crippen LogP contribution in [0.2, 0.25) is 5.02 Å². The second-order valence-corrected chi connectivity index (χ2v) is 6.80. The molecule has 3 aromatic rings. The summed E-state index contributed by atoms with van der Waals surface area (Å²) in [6.45, 7) is 3.85. The number of aryl methyl sites for hydroxylation is 2. The molecule has 6 heteroatoms. The third kappa shape index (κ3) is 3.37. The van der Waals surface area contributed by atoms with E-state index in [0.29, 0.717) is 16.3 Å². The molecule has 0 aliphatic heterocycles. The van der Waals surface area contributed by atoms with Gasteiger partial charge in [0.2, 0.25) is 0 Å². The summed E-state index contributed by atoms with van der Waals surface area (Å²) >= 11 is 9.51. The predicted molar refractivity (Wildman–Crippen MR) is 102 cm³/mol. The highest BCUT2D eigenvalue weighted by molar-refractivity contribution is 9.10. The van der Waals surface area contributed by atoms with E-state index in [-0.39, 0.29) is 5.56 Å². The minimum absolute atomic E-state index is 0.145. The number of hydrogen-bond donors (Lipinski definition) is 1. The van der Waals surface area contributed by atoms with Gasteiger partial charge in [-0.25, -0.2) is 4.68 Å². The highest BCUT2D eigenvalue weighted by atomic mass is 79.9. The summed E-state index contributed by atoms with van der Waals surface area (Å²) in [4.78, 5) is 17.0. The molecule has 4 nitrogen and oxygen atoms in total. The van der Waals surface area contributed by atoms with Gasteiger partial charge in [0, 0.05) is 16.4 Å². The van der Waals surface area contributed by atoms with Crippen LogP contribution in [0.3, 0.4) is 0 Å². The zero-order valence-electron chi connectivity index (χ0n) is 13.2. The van der Waals surface area contributed by atoms with Crippen LogP contribution in [-0.2, 0) is 0 Å². The number of hydrogen-bond acceptors (Lipinski definition) is 2. The first-order chi connectivity index (χ1) is 11.5. The summed E-state index contributed by atoms with van der Waals surface area (Å²) in [7, 11) is 0. The van der Waals surface area contributed by atoms with E-state index in [0.717, 1.165) is 21.4 Å². The first kappa shape index (κ1) is 16.7. The summed E-state index contributed by atoms with van der Waals surface area (Å²) < 4.78 is 2.39. The van der Waals surface area contributed by atoms with Crippen LogP contribution >= 0.6 is 27.5 Å². The van der Waals surface area contributed by atoms with Crippen molar-refractivity contribution in [2.45, 2.75) is 13.8 Å². The average Bonchev–Trinajstić information content (AvgIpc) is 2.82. The van der Waals surface area contributed by atoms with Gasteiger partial charge < -0.3 is 0 Å². The van der Waals surface area contributed by atoms with Crippen molar-refractivity contribution in [1.82, 2.24) is 9.78 Å². The number of H-pyrrole nitrogens is 1. The van der Waals surface area contributed by atoms with Crippen LogP contribution in [0.5, 0.6) is 0 Å². The standard InChI is InChI=1S/C18H15BrClN3O/c1-11-3-6-14(7-4-11)23-18(24)15(12(2)22-23)10-21-17-8-5-13(19)9-16(17)20/h3-10,22H,1-2H3. The molecule has 3 rings (SSSR count). The van der Waals surface area contributed by atoms with E-state index >= 15 is 0 Å². The molecule has 122 valence electrons. The zero-order chi connectivity index (χ0) is 17.3. The number of halogens is 2. The monoisotopic (exact) mass is 403 g/mol. The van der Waals surface area contributed by atoms with E-state index in [2.05, 4.69) is 26.0 Å². The first-order valence-corrected chi connectivity index (χ1v) is 8.50. The Morgan fingerprint density at radius 1 is 1.17 bits per heavy atom. The van der Waals surface area contributed by atoms with Gasteiger partial charge in [-0.3, -0.25) is 14.9 Å². The summed E-state index contributed by atoms with van der Waals surface area (Å²) in [6.07, 6.45) is 1.55. The van der Waals surface area contributed by atoms with Crippen molar-refractivity contribution in [3.63, 3.8) is 0 Å². The number of aromatic amines is 1. The van der Waals surface area contributed by atoms with Gasteiger partial charge in [0.1, 0.15) is 0 Å². The molecule has 0 aliphatic carbocycles. The van der Waals surface area contributed by atoms with E-state index in [9.17, 15) is 4.79 Å². The molecule has 0 saturated heterocycles. The Labute approximate surface area is 152 Å². The molecule has 0 fully saturated rings. The second-order valence-electron chi connectivity index (χ2n) is 5.48. The topological polar surface area (TPSA) is 50.1 Å². The van der Waals surface area contributed by atoms with Crippen LogP contribution in [-0.4, -0.2) is 16.0 Å². The zero-order valence-corrected chi connectivity index (χ0v) is 15.5. The van der Waals surface area contributed by atoms with E-state index in [1.54, 1.807) is 18.3 Å². The molecule has 1 N–H and O–H groups in total. The molecule has 2 aromatic carbocycles. The van der Waals surface area contributed by atoms with Crippen molar-refractivity contribution in [2.75, 3.05) is 0 Å². The Kier molecular flexibility index (Phi) is 4.73. The van der Waals surface area contributed by atoms with Crippen LogP contribution in [0.15, 0.2) is 56.7 Å². The van der Waals surface area contributed by atoms with Gasteiger partial charge >= 0.3 is 0 Å². The van der Waals surface area contributed by atoms with Gasteiger partial charge in [0.05, 0.1) is 22.0 Å². The molecule has 24 heavy (non-hydrogen) atoms. The van der Waals surface area contributed by atoms with E-state index in [1.165, 1.54) is 4.68 Å². The van der Waals surface area contributed by atoms with Gasteiger partial charge in [0.15, 0.2) is 0 Å². The van der Waals surface area contributed by atoms with Gasteiger partial charge in [0.25, 0.3) is 5.56 Å². The Hall–Kier alpha value is -2.11.